The second-order valence-electron chi connectivity index (χ2n) is 6.25. The minimum Gasteiger partial charge on any atom is -0.462 e. The maximum absolute atomic E-state index is 12.5. The fourth-order valence-electron chi connectivity index (χ4n) is 3.53. The second-order valence-corrected chi connectivity index (χ2v) is 6.25. The molecule has 0 aliphatic carbocycles. The van der Waals surface area contributed by atoms with Crippen LogP contribution in [0.1, 0.15) is 41.4 Å². The first-order chi connectivity index (χ1) is 11.7. The quantitative estimate of drug-likeness (QED) is 0.855. The summed E-state index contributed by atoms with van der Waals surface area (Å²) in [7, 11) is 0. The molecule has 1 fully saturated rings. The number of carbonyl (C=O) groups excluding carboxylic acids is 1. The molecule has 1 saturated heterocycles. The van der Waals surface area contributed by atoms with Crippen molar-refractivity contribution in [3.8, 4) is 0 Å². The Hall–Kier alpha value is -1.98. The molecule has 0 bridgehead atoms. The molecule has 0 unspecified atom stereocenters. The number of aromatic nitrogens is 1. The first-order valence-electron chi connectivity index (χ1n) is 8.56. The van der Waals surface area contributed by atoms with Crippen molar-refractivity contribution < 1.29 is 14.6 Å². The molecule has 1 N–H and O–H groups in total. The highest BCUT2D eigenvalue weighted by atomic mass is 16.5. The number of benzene rings is 1. The Morgan fingerprint density at radius 2 is 2.21 bits per heavy atom. The largest absolute Gasteiger partial charge is 0.462 e. The van der Waals surface area contributed by atoms with Gasteiger partial charge in [-0.3, -0.25) is 9.88 Å². The van der Waals surface area contributed by atoms with E-state index < -0.39 is 0 Å². The van der Waals surface area contributed by atoms with E-state index >= 15 is 0 Å². The lowest BCUT2D eigenvalue weighted by atomic mass is 10.0. The van der Waals surface area contributed by atoms with Crippen LogP contribution in [0.3, 0.4) is 0 Å². The van der Waals surface area contributed by atoms with Crippen LogP contribution in [0.5, 0.6) is 0 Å². The Labute approximate surface area is 142 Å². The van der Waals surface area contributed by atoms with Gasteiger partial charge in [-0.1, -0.05) is 18.2 Å². The summed E-state index contributed by atoms with van der Waals surface area (Å²) in [4.78, 5) is 19.5. The molecule has 24 heavy (non-hydrogen) atoms. The number of likely N-dealkylation sites (tertiary alicyclic amines) is 1. The zero-order chi connectivity index (χ0) is 17.1. The molecular weight excluding hydrogens is 304 g/mol. The van der Waals surface area contributed by atoms with Gasteiger partial charge in [0, 0.05) is 18.0 Å². The molecule has 0 amide bonds. The van der Waals surface area contributed by atoms with Crippen molar-refractivity contribution in [1.82, 2.24) is 9.88 Å². The predicted molar refractivity (Wildman–Crippen MR) is 93.0 cm³/mol. The molecule has 1 aromatic heterocycles. The van der Waals surface area contributed by atoms with E-state index in [-0.39, 0.29) is 18.6 Å². The van der Waals surface area contributed by atoms with Crippen molar-refractivity contribution in [2.75, 3.05) is 19.8 Å². The Kier molecular flexibility index (Phi) is 5.11. The zero-order valence-electron chi connectivity index (χ0n) is 14.3. The van der Waals surface area contributed by atoms with Gasteiger partial charge < -0.3 is 9.84 Å². The molecular formula is C19H24N2O3. The van der Waals surface area contributed by atoms with E-state index in [0.29, 0.717) is 18.7 Å². The van der Waals surface area contributed by atoms with Crippen LogP contribution in [-0.2, 0) is 11.3 Å². The third-order valence-electron chi connectivity index (χ3n) is 4.77. The topological polar surface area (TPSA) is 62.7 Å². The summed E-state index contributed by atoms with van der Waals surface area (Å²) in [6, 6.07) is 8.00. The minimum absolute atomic E-state index is 0.140. The lowest BCUT2D eigenvalue weighted by Gasteiger charge is -2.24. The summed E-state index contributed by atoms with van der Waals surface area (Å²) in [5.74, 6) is -0.317. The first-order valence-corrected chi connectivity index (χ1v) is 8.56. The standard InChI is InChI=1S/C19H24N2O3/c1-3-24-19(23)18-13(2)15-8-4-5-9-16(15)20-17(18)11-21-10-6-7-14(21)12-22/h4-5,8-9,14,22H,3,6-7,10-12H2,1-2H3/t14-/m0/s1. The van der Waals surface area contributed by atoms with Crippen LogP contribution in [0.4, 0.5) is 0 Å². The molecule has 128 valence electrons. The van der Waals surface area contributed by atoms with Crippen molar-refractivity contribution >= 4 is 16.9 Å². The highest BCUT2D eigenvalue weighted by Crippen LogP contribution is 2.27. The number of nitrogens with zero attached hydrogens (tertiary/aromatic N) is 2. The van der Waals surface area contributed by atoms with Crippen LogP contribution in [0.2, 0.25) is 0 Å². The molecule has 0 spiro atoms. The molecule has 5 nitrogen and oxygen atoms in total. The van der Waals surface area contributed by atoms with Crippen LogP contribution < -0.4 is 0 Å². The smallest absolute Gasteiger partial charge is 0.340 e. The molecule has 2 aromatic rings. The molecule has 1 aromatic carbocycles. The van der Waals surface area contributed by atoms with E-state index in [2.05, 4.69) is 4.90 Å². The van der Waals surface area contributed by atoms with E-state index in [1.165, 1.54) is 0 Å². The average molecular weight is 328 g/mol. The molecule has 0 saturated carbocycles. The summed E-state index contributed by atoms with van der Waals surface area (Å²) in [5.41, 5.74) is 3.11. The number of hydrogen-bond donors (Lipinski definition) is 1. The van der Waals surface area contributed by atoms with Gasteiger partial charge in [0.2, 0.25) is 0 Å². The fourth-order valence-corrected chi connectivity index (χ4v) is 3.53. The summed E-state index contributed by atoms with van der Waals surface area (Å²) >= 11 is 0. The molecule has 1 aliphatic rings. The highest BCUT2D eigenvalue weighted by molar-refractivity contribution is 5.98. The lowest BCUT2D eigenvalue weighted by molar-refractivity contribution is 0.0522. The Bertz CT molecular complexity index is 745. The zero-order valence-corrected chi connectivity index (χ0v) is 14.3. The number of para-hydroxylation sites is 1. The van der Waals surface area contributed by atoms with Gasteiger partial charge >= 0.3 is 5.97 Å². The van der Waals surface area contributed by atoms with Crippen LogP contribution in [-0.4, -0.2) is 46.8 Å². The van der Waals surface area contributed by atoms with E-state index in [9.17, 15) is 9.90 Å². The number of ether oxygens (including phenoxy) is 1. The van der Waals surface area contributed by atoms with Gasteiger partial charge in [-0.2, -0.15) is 0 Å². The molecule has 1 aliphatic heterocycles. The van der Waals surface area contributed by atoms with Crippen molar-refractivity contribution in [1.29, 1.82) is 0 Å². The van der Waals surface area contributed by atoms with Crippen LogP contribution in [0.15, 0.2) is 24.3 Å². The Balaban J connectivity index is 2.06. The van der Waals surface area contributed by atoms with Gasteiger partial charge in [0.1, 0.15) is 0 Å². The van der Waals surface area contributed by atoms with Crippen molar-refractivity contribution in [2.24, 2.45) is 0 Å². The van der Waals surface area contributed by atoms with Gasteiger partial charge in [0.05, 0.1) is 30.0 Å². The number of hydrogen-bond acceptors (Lipinski definition) is 5. The SMILES string of the molecule is CCOC(=O)c1c(CN2CCC[C@H]2CO)nc2ccccc2c1C. The van der Waals surface area contributed by atoms with Gasteiger partial charge in [0.25, 0.3) is 0 Å². The maximum Gasteiger partial charge on any atom is 0.340 e. The van der Waals surface area contributed by atoms with E-state index in [4.69, 9.17) is 9.72 Å². The predicted octanol–water partition coefficient (Wildman–Crippen LogP) is 2.68. The van der Waals surface area contributed by atoms with Gasteiger partial charge in [-0.15, -0.1) is 0 Å². The number of aliphatic hydroxyl groups excluding tert-OH is 1. The van der Waals surface area contributed by atoms with Gasteiger partial charge in [-0.05, 0) is 44.9 Å². The van der Waals surface area contributed by atoms with Crippen LogP contribution >= 0.6 is 0 Å². The Morgan fingerprint density at radius 1 is 1.42 bits per heavy atom. The number of pyridine rings is 1. The van der Waals surface area contributed by atoms with E-state index in [1.807, 2.05) is 38.1 Å². The normalized spacial score (nSPS) is 18.2. The fraction of sp³-hybridized carbons (Fsp3) is 0.474. The van der Waals surface area contributed by atoms with Crippen LogP contribution in [0, 0.1) is 6.92 Å². The van der Waals surface area contributed by atoms with Crippen LogP contribution in [0.25, 0.3) is 10.9 Å². The van der Waals surface area contributed by atoms with Gasteiger partial charge in [-0.25, -0.2) is 4.79 Å². The number of rotatable bonds is 5. The number of esters is 1. The van der Waals surface area contributed by atoms with E-state index in [1.54, 1.807) is 0 Å². The monoisotopic (exact) mass is 328 g/mol. The summed E-state index contributed by atoms with van der Waals surface area (Å²) in [6.07, 6.45) is 2.05. The number of carbonyl (C=O) groups is 1. The first kappa shape index (κ1) is 16.9. The third-order valence-corrected chi connectivity index (χ3v) is 4.77. The Morgan fingerprint density at radius 3 is 2.96 bits per heavy atom. The average Bonchev–Trinajstić information content (AvgIpc) is 3.02. The highest BCUT2D eigenvalue weighted by Gasteiger charge is 2.27. The molecule has 2 heterocycles. The number of fused-ring (bicyclic) bond motifs is 1. The lowest BCUT2D eigenvalue weighted by Crippen LogP contribution is -2.32. The summed E-state index contributed by atoms with van der Waals surface area (Å²) < 4.78 is 5.27. The summed E-state index contributed by atoms with van der Waals surface area (Å²) in [6.45, 7) is 5.72. The second kappa shape index (κ2) is 7.28. The molecule has 1 atom stereocenters. The number of aryl methyl sites for hydroxylation is 1. The third kappa shape index (κ3) is 3.14. The van der Waals surface area contributed by atoms with Crippen molar-refractivity contribution in [3.05, 3.63) is 41.1 Å². The number of aliphatic hydroxyl groups is 1. The minimum atomic E-state index is -0.317. The van der Waals surface area contributed by atoms with E-state index in [0.717, 1.165) is 41.5 Å². The maximum atomic E-state index is 12.5. The van der Waals surface area contributed by atoms with Gasteiger partial charge in [0.15, 0.2) is 0 Å². The molecule has 3 rings (SSSR count). The van der Waals surface area contributed by atoms with Crippen molar-refractivity contribution in [3.63, 3.8) is 0 Å². The molecule has 5 heteroatoms. The summed E-state index contributed by atoms with van der Waals surface area (Å²) in [5, 5.41) is 10.5. The van der Waals surface area contributed by atoms with Crippen molar-refractivity contribution in [2.45, 2.75) is 39.3 Å². The molecule has 0 radical (unpaired) electrons.